The molecular weight excluding hydrogens is 275 g/mol. The third-order valence-corrected chi connectivity index (χ3v) is 3.28. The Balaban J connectivity index is 2.38. The molecule has 0 aliphatic rings. The van der Waals surface area contributed by atoms with Gasteiger partial charge in [-0.1, -0.05) is 29.8 Å². The Morgan fingerprint density at radius 3 is 2.60 bits per heavy atom. The van der Waals surface area contributed by atoms with Crippen molar-refractivity contribution < 1.29 is 18.8 Å². The normalized spacial score (nSPS) is 11.1. The van der Waals surface area contributed by atoms with Gasteiger partial charge in [0.1, 0.15) is 0 Å². The smallest absolute Gasteiger partial charge is 0.289 e. The highest BCUT2D eigenvalue weighted by molar-refractivity contribution is 7.32. The Morgan fingerprint density at radius 2 is 1.90 bits per heavy atom. The van der Waals surface area contributed by atoms with Gasteiger partial charge in [0, 0.05) is 15.7 Å². The van der Waals surface area contributed by atoms with Crippen molar-refractivity contribution in [3.8, 4) is 5.75 Å². The van der Waals surface area contributed by atoms with Crippen LogP contribution in [0.15, 0.2) is 42.5 Å². The molecule has 1 atom stereocenters. The van der Waals surface area contributed by atoms with Crippen molar-refractivity contribution in [2.24, 2.45) is 0 Å². The molecule has 0 spiro atoms. The first kappa shape index (κ1) is 14.4. The first-order valence-corrected chi connectivity index (χ1v) is 7.16. The molecule has 5 heteroatoms. The number of hydrogen-bond donors (Lipinski definition) is 1. The third kappa shape index (κ3) is 3.29. The molecule has 2 rings (SSSR count). The van der Waals surface area contributed by atoms with Crippen LogP contribution in [0.2, 0.25) is 0 Å². The van der Waals surface area contributed by atoms with Crippen molar-refractivity contribution in [1.29, 1.82) is 0 Å². The third-order valence-electron chi connectivity index (χ3n) is 2.92. The molecule has 20 heavy (non-hydrogen) atoms. The minimum atomic E-state index is -2.74. The number of ketones is 1. The zero-order valence-corrected chi connectivity index (χ0v) is 12.1. The van der Waals surface area contributed by atoms with Gasteiger partial charge in [-0.2, -0.15) is 0 Å². The summed E-state index contributed by atoms with van der Waals surface area (Å²) in [6.07, 6.45) is 0. The number of rotatable bonds is 4. The topological polar surface area (TPSA) is 63.6 Å². The molecule has 2 aromatic rings. The zero-order valence-electron chi connectivity index (χ0n) is 11.2. The van der Waals surface area contributed by atoms with E-state index in [0.29, 0.717) is 11.1 Å². The largest absolute Gasteiger partial charge is 0.747 e. The lowest BCUT2D eigenvalue weighted by atomic mass is 9.97. The van der Waals surface area contributed by atoms with Gasteiger partial charge in [0.2, 0.25) is 0 Å². The lowest BCUT2D eigenvalue weighted by Gasteiger charge is -2.06. The summed E-state index contributed by atoms with van der Waals surface area (Å²) < 4.78 is 15.4. The molecule has 0 heterocycles. The van der Waals surface area contributed by atoms with E-state index in [1.165, 1.54) is 12.1 Å². The van der Waals surface area contributed by atoms with E-state index < -0.39 is 8.25 Å². The van der Waals surface area contributed by atoms with Crippen molar-refractivity contribution in [1.82, 2.24) is 0 Å². The molecule has 102 valence electrons. The first-order chi connectivity index (χ1) is 9.47. The van der Waals surface area contributed by atoms with Crippen LogP contribution in [-0.2, 0) is 4.57 Å². The van der Waals surface area contributed by atoms with Crippen LogP contribution < -0.4 is 4.52 Å². The highest BCUT2D eigenvalue weighted by Crippen LogP contribution is 2.25. The summed E-state index contributed by atoms with van der Waals surface area (Å²) >= 11 is 0. The molecule has 2 aromatic carbocycles. The number of aryl methyl sites for hydroxylation is 2. The molecule has 4 nitrogen and oxygen atoms in total. The van der Waals surface area contributed by atoms with Gasteiger partial charge in [-0.3, -0.25) is 4.79 Å². The summed E-state index contributed by atoms with van der Waals surface area (Å²) in [6, 6.07) is 11.9. The monoisotopic (exact) mass is 289 g/mol. The van der Waals surface area contributed by atoms with Crippen molar-refractivity contribution in [2.45, 2.75) is 13.8 Å². The highest BCUT2D eigenvalue weighted by atomic mass is 31.1. The molecule has 0 aromatic heterocycles. The Bertz CT molecular complexity index is 679. The standard InChI is InChI=1S/C15H13O4P/c1-10-6-7-11(2)14(8-10)15(16)12-4-3-5-13(9-12)19-20(17)18/h3-9H,1-2H3/p+1. The fourth-order valence-electron chi connectivity index (χ4n) is 1.92. The predicted molar refractivity (Wildman–Crippen MR) is 76.2 cm³/mol. The summed E-state index contributed by atoms with van der Waals surface area (Å²) in [5.74, 6) is 0.0644. The van der Waals surface area contributed by atoms with Gasteiger partial charge in [0.15, 0.2) is 11.5 Å². The van der Waals surface area contributed by atoms with Crippen LogP contribution in [0.3, 0.4) is 0 Å². The molecule has 1 unspecified atom stereocenters. The van der Waals surface area contributed by atoms with Gasteiger partial charge < -0.3 is 0 Å². The fourth-order valence-corrected chi connectivity index (χ4v) is 2.21. The summed E-state index contributed by atoms with van der Waals surface area (Å²) in [5.41, 5.74) is 2.94. The molecule has 1 N–H and O–H groups in total. The van der Waals surface area contributed by atoms with Gasteiger partial charge in [0.25, 0.3) is 0 Å². The SMILES string of the molecule is Cc1ccc(C)c(C(=O)c2cccc(O[P+](=O)O)c2)c1. The van der Waals surface area contributed by atoms with Crippen LogP contribution in [0, 0.1) is 13.8 Å². The van der Waals surface area contributed by atoms with Crippen molar-refractivity contribution in [3.63, 3.8) is 0 Å². The van der Waals surface area contributed by atoms with E-state index in [0.717, 1.165) is 11.1 Å². The van der Waals surface area contributed by atoms with Crippen LogP contribution in [-0.4, -0.2) is 10.7 Å². The second-order valence-electron chi connectivity index (χ2n) is 4.50. The van der Waals surface area contributed by atoms with Crippen LogP contribution in [0.5, 0.6) is 5.75 Å². The van der Waals surface area contributed by atoms with E-state index in [1.807, 2.05) is 32.0 Å². The maximum atomic E-state index is 12.5. The number of carbonyl (C=O) groups excluding carboxylic acids is 1. The molecule has 0 saturated carbocycles. The van der Waals surface area contributed by atoms with Gasteiger partial charge in [-0.25, -0.2) is 4.52 Å². The first-order valence-electron chi connectivity index (χ1n) is 6.03. The summed E-state index contributed by atoms with van der Waals surface area (Å²) in [7, 11) is -2.74. The van der Waals surface area contributed by atoms with Crippen molar-refractivity contribution in [3.05, 3.63) is 64.7 Å². The van der Waals surface area contributed by atoms with Crippen LogP contribution >= 0.6 is 8.25 Å². The Kier molecular flexibility index (Phi) is 4.28. The molecule has 0 fully saturated rings. The lowest BCUT2D eigenvalue weighted by molar-refractivity contribution is 0.103. The number of benzene rings is 2. The molecular formula is C15H14O4P+. The predicted octanol–water partition coefficient (Wildman–Crippen LogP) is 3.56. The minimum absolute atomic E-state index is 0.134. The number of hydrogen-bond acceptors (Lipinski definition) is 3. The summed E-state index contributed by atoms with van der Waals surface area (Å²) in [4.78, 5) is 21.2. The molecule has 0 radical (unpaired) electrons. The maximum absolute atomic E-state index is 12.5. The lowest BCUT2D eigenvalue weighted by Crippen LogP contribution is -2.04. The van der Waals surface area contributed by atoms with E-state index in [-0.39, 0.29) is 11.5 Å². The molecule has 0 amide bonds. The van der Waals surface area contributed by atoms with E-state index in [4.69, 9.17) is 9.42 Å². The average molecular weight is 289 g/mol. The molecule has 0 aliphatic carbocycles. The molecule has 0 saturated heterocycles. The van der Waals surface area contributed by atoms with Gasteiger partial charge >= 0.3 is 8.25 Å². The highest BCUT2D eigenvalue weighted by Gasteiger charge is 2.17. The quantitative estimate of drug-likeness (QED) is 0.690. The molecule has 0 bridgehead atoms. The van der Waals surface area contributed by atoms with Crippen LogP contribution in [0.4, 0.5) is 0 Å². The minimum Gasteiger partial charge on any atom is -0.289 e. The van der Waals surface area contributed by atoms with E-state index in [2.05, 4.69) is 0 Å². The van der Waals surface area contributed by atoms with Gasteiger partial charge in [-0.05, 0) is 37.6 Å². The van der Waals surface area contributed by atoms with E-state index in [9.17, 15) is 9.36 Å². The second kappa shape index (κ2) is 5.95. The fraction of sp³-hybridized carbons (Fsp3) is 0.133. The Labute approximate surface area is 118 Å². The van der Waals surface area contributed by atoms with Crippen molar-refractivity contribution in [2.75, 3.05) is 0 Å². The Hall–Kier alpha value is -2.03. The summed E-state index contributed by atoms with van der Waals surface area (Å²) in [5, 5.41) is 0. The average Bonchev–Trinajstić information content (AvgIpc) is 2.40. The zero-order chi connectivity index (χ0) is 14.7. The maximum Gasteiger partial charge on any atom is 0.747 e. The second-order valence-corrected chi connectivity index (χ2v) is 5.16. The van der Waals surface area contributed by atoms with E-state index in [1.54, 1.807) is 12.1 Å². The van der Waals surface area contributed by atoms with Crippen molar-refractivity contribution >= 4 is 14.0 Å². The van der Waals surface area contributed by atoms with Crippen LogP contribution in [0.1, 0.15) is 27.0 Å². The Morgan fingerprint density at radius 1 is 1.15 bits per heavy atom. The summed E-state index contributed by atoms with van der Waals surface area (Å²) in [6.45, 7) is 3.80. The number of carbonyl (C=O) groups is 1. The van der Waals surface area contributed by atoms with Gasteiger partial charge in [0.05, 0.1) is 0 Å². The van der Waals surface area contributed by atoms with Crippen LogP contribution in [0.25, 0.3) is 0 Å². The van der Waals surface area contributed by atoms with E-state index >= 15 is 0 Å². The molecule has 0 aliphatic heterocycles. The van der Waals surface area contributed by atoms with Gasteiger partial charge in [-0.15, -0.1) is 4.89 Å².